The van der Waals surface area contributed by atoms with Crippen LogP contribution >= 0.6 is 0 Å². The van der Waals surface area contributed by atoms with E-state index >= 15 is 0 Å². The highest BCUT2D eigenvalue weighted by Gasteiger charge is 2.43. The lowest BCUT2D eigenvalue weighted by molar-refractivity contribution is -0.134. The zero-order chi connectivity index (χ0) is 9.47. The summed E-state index contributed by atoms with van der Waals surface area (Å²) in [6.45, 7) is 3.65. The van der Waals surface area contributed by atoms with E-state index in [2.05, 4.69) is 18.9 Å². The Bertz CT molecular complexity index is 181. The summed E-state index contributed by atoms with van der Waals surface area (Å²) in [6.07, 6.45) is 2.61. The minimum absolute atomic E-state index is 0.425. The Labute approximate surface area is 79.7 Å². The van der Waals surface area contributed by atoms with Gasteiger partial charge in [0.05, 0.1) is 18.8 Å². The van der Waals surface area contributed by atoms with Gasteiger partial charge in [0, 0.05) is 12.1 Å². The van der Waals surface area contributed by atoms with Crippen molar-refractivity contribution in [2.75, 3.05) is 20.3 Å². The van der Waals surface area contributed by atoms with Crippen LogP contribution in [0.25, 0.3) is 0 Å². The lowest BCUT2D eigenvalue weighted by Crippen LogP contribution is -2.60. The van der Waals surface area contributed by atoms with Crippen LogP contribution in [-0.2, 0) is 4.74 Å². The molecule has 0 aromatic heterocycles. The zero-order valence-corrected chi connectivity index (χ0v) is 8.49. The predicted molar refractivity (Wildman–Crippen MR) is 50.6 cm³/mol. The number of morpholine rings is 1. The first-order valence-electron chi connectivity index (χ1n) is 5.17. The Morgan fingerprint density at radius 3 is 2.38 bits per heavy atom. The van der Waals surface area contributed by atoms with Gasteiger partial charge in [-0.3, -0.25) is 4.90 Å². The van der Waals surface area contributed by atoms with E-state index in [1.54, 1.807) is 0 Å². The summed E-state index contributed by atoms with van der Waals surface area (Å²) in [6, 6.07) is 0.856. The number of nitrogens with zero attached hydrogens (tertiary/aromatic N) is 1. The quantitative estimate of drug-likeness (QED) is 0.650. The molecule has 0 spiro atoms. The van der Waals surface area contributed by atoms with Crippen molar-refractivity contribution in [2.24, 2.45) is 0 Å². The third-order valence-corrected chi connectivity index (χ3v) is 3.66. The van der Waals surface area contributed by atoms with Gasteiger partial charge in [0.15, 0.2) is 0 Å². The van der Waals surface area contributed by atoms with E-state index < -0.39 is 5.60 Å². The highest BCUT2D eigenvalue weighted by molar-refractivity contribution is 4.97. The summed E-state index contributed by atoms with van der Waals surface area (Å²) < 4.78 is 5.49. The van der Waals surface area contributed by atoms with Crippen molar-refractivity contribution < 1.29 is 9.84 Å². The number of piperidine rings is 1. The number of rotatable bonds is 1. The molecule has 2 aliphatic rings. The van der Waals surface area contributed by atoms with Crippen molar-refractivity contribution >= 4 is 0 Å². The average Bonchev–Trinajstić information content (AvgIpc) is 2.08. The first kappa shape index (κ1) is 9.44. The summed E-state index contributed by atoms with van der Waals surface area (Å²) in [5.74, 6) is 0. The van der Waals surface area contributed by atoms with Crippen molar-refractivity contribution in [3.05, 3.63) is 0 Å². The Balaban J connectivity index is 2.11. The monoisotopic (exact) mass is 185 g/mol. The molecule has 2 atom stereocenters. The van der Waals surface area contributed by atoms with E-state index in [0.717, 1.165) is 32.5 Å². The Hall–Kier alpha value is -0.120. The fraction of sp³-hybridized carbons (Fsp3) is 1.00. The second kappa shape index (κ2) is 3.23. The average molecular weight is 185 g/mol. The molecule has 2 fully saturated rings. The van der Waals surface area contributed by atoms with Gasteiger partial charge in [-0.25, -0.2) is 0 Å². The molecule has 3 nitrogen and oxygen atoms in total. The molecule has 0 saturated carbocycles. The molecule has 76 valence electrons. The number of aliphatic hydroxyl groups is 1. The maximum Gasteiger partial charge on any atom is 0.0676 e. The summed E-state index contributed by atoms with van der Waals surface area (Å²) in [5, 5.41) is 10.2. The van der Waals surface area contributed by atoms with Gasteiger partial charge in [0.25, 0.3) is 0 Å². The van der Waals surface area contributed by atoms with Crippen molar-refractivity contribution in [3.8, 4) is 0 Å². The normalized spacial score (nSPS) is 46.4. The third kappa shape index (κ3) is 1.60. The van der Waals surface area contributed by atoms with Crippen LogP contribution in [0.4, 0.5) is 0 Å². The largest absolute Gasteiger partial charge is 0.390 e. The smallest absolute Gasteiger partial charge is 0.0676 e. The standard InChI is InChI=1S/C10H19NO2/c1-3-10(12)4-8-6-13-7-9(5-10)11(8)2/h8-9,12H,3-7H2,1-2H3. The van der Waals surface area contributed by atoms with E-state index in [1.165, 1.54) is 0 Å². The number of ether oxygens (including phenoxy) is 1. The molecule has 2 heterocycles. The molecule has 0 radical (unpaired) electrons. The molecular weight excluding hydrogens is 166 g/mol. The highest BCUT2D eigenvalue weighted by Crippen LogP contribution is 2.34. The minimum Gasteiger partial charge on any atom is -0.390 e. The van der Waals surface area contributed by atoms with Crippen molar-refractivity contribution in [2.45, 2.75) is 43.9 Å². The lowest BCUT2D eigenvalue weighted by atomic mass is 9.80. The molecule has 0 amide bonds. The van der Waals surface area contributed by atoms with Crippen LogP contribution in [0, 0.1) is 0 Å². The van der Waals surface area contributed by atoms with Crippen molar-refractivity contribution in [1.82, 2.24) is 4.90 Å². The second-order valence-electron chi connectivity index (χ2n) is 4.50. The zero-order valence-electron chi connectivity index (χ0n) is 8.49. The predicted octanol–water partition coefficient (Wildman–Crippen LogP) is 0.620. The second-order valence-corrected chi connectivity index (χ2v) is 4.50. The molecule has 0 aromatic rings. The number of hydrogen-bond acceptors (Lipinski definition) is 3. The van der Waals surface area contributed by atoms with E-state index in [-0.39, 0.29) is 0 Å². The van der Waals surface area contributed by atoms with Crippen LogP contribution in [0.5, 0.6) is 0 Å². The Kier molecular flexibility index (Phi) is 2.34. The van der Waals surface area contributed by atoms with Gasteiger partial charge < -0.3 is 9.84 Å². The van der Waals surface area contributed by atoms with E-state index in [4.69, 9.17) is 4.74 Å². The topological polar surface area (TPSA) is 32.7 Å². The molecule has 2 saturated heterocycles. The van der Waals surface area contributed by atoms with Gasteiger partial charge in [0.1, 0.15) is 0 Å². The maximum absolute atomic E-state index is 10.2. The third-order valence-electron chi connectivity index (χ3n) is 3.66. The first-order chi connectivity index (χ1) is 6.14. The van der Waals surface area contributed by atoms with Crippen molar-refractivity contribution in [3.63, 3.8) is 0 Å². The molecule has 2 bridgehead atoms. The molecule has 2 unspecified atom stereocenters. The molecule has 0 aliphatic carbocycles. The van der Waals surface area contributed by atoms with E-state index in [9.17, 15) is 5.11 Å². The summed E-state index contributed by atoms with van der Waals surface area (Å²) in [7, 11) is 2.15. The van der Waals surface area contributed by atoms with Crippen LogP contribution in [0.2, 0.25) is 0 Å². The maximum atomic E-state index is 10.2. The SMILES string of the molecule is CCC1(O)CC2COCC(C1)N2C. The van der Waals surface area contributed by atoms with Crippen LogP contribution in [0.1, 0.15) is 26.2 Å². The molecule has 2 rings (SSSR count). The van der Waals surface area contributed by atoms with Gasteiger partial charge in [0.2, 0.25) is 0 Å². The van der Waals surface area contributed by atoms with Crippen LogP contribution in [0.15, 0.2) is 0 Å². The fourth-order valence-corrected chi connectivity index (χ4v) is 2.53. The first-order valence-corrected chi connectivity index (χ1v) is 5.17. The highest BCUT2D eigenvalue weighted by atomic mass is 16.5. The van der Waals surface area contributed by atoms with E-state index in [1.807, 2.05) is 0 Å². The molecule has 0 aromatic carbocycles. The summed E-state index contributed by atoms with van der Waals surface area (Å²) in [4.78, 5) is 2.37. The van der Waals surface area contributed by atoms with E-state index in [0.29, 0.717) is 12.1 Å². The molecule has 13 heavy (non-hydrogen) atoms. The fourth-order valence-electron chi connectivity index (χ4n) is 2.53. The van der Waals surface area contributed by atoms with Gasteiger partial charge in [-0.2, -0.15) is 0 Å². The number of likely N-dealkylation sites (N-methyl/N-ethyl adjacent to an activating group) is 1. The molecular formula is C10H19NO2. The van der Waals surface area contributed by atoms with Crippen LogP contribution in [0.3, 0.4) is 0 Å². The minimum atomic E-state index is -0.425. The van der Waals surface area contributed by atoms with Gasteiger partial charge in [-0.05, 0) is 26.3 Å². The van der Waals surface area contributed by atoms with Crippen molar-refractivity contribution in [1.29, 1.82) is 0 Å². The Morgan fingerprint density at radius 1 is 1.38 bits per heavy atom. The summed E-state index contributed by atoms with van der Waals surface area (Å²) >= 11 is 0. The van der Waals surface area contributed by atoms with Crippen LogP contribution in [-0.4, -0.2) is 48.0 Å². The molecule has 2 aliphatic heterocycles. The summed E-state index contributed by atoms with van der Waals surface area (Å²) in [5.41, 5.74) is -0.425. The van der Waals surface area contributed by atoms with Gasteiger partial charge >= 0.3 is 0 Å². The van der Waals surface area contributed by atoms with Crippen LogP contribution < -0.4 is 0 Å². The number of hydrogen-bond donors (Lipinski definition) is 1. The number of fused-ring (bicyclic) bond motifs is 2. The Morgan fingerprint density at radius 2 is 1.92 bits per heavy atom. The molecule has 1 N–H and O–H groups in total. The van der Waals surface area contributed by atoms with Gasteiger partial charge in [-0.1, -0.05) is 6.92 Å². The molecule has 3 heteroatoms. The lowest BCUT2D eigenvalue weighted by Gasteiger charge is -2.50. The van der Waals surface area contributed by atoms with Gasteiger partial charge in [-0.15, -0.1) is 0 Å².